The van der Waals surface area contributed by atoms with Gasteiger partial charge in [0.25, 0.3) is 0 Å². The van der Waals surface area contributed by atoms with E-state index in [4.69, 9.17) is 4.74 Å². The van der Waals surface area contributed by atoms with Crippen LogP contribution >= 0.6 is 0 Å². The van der Waals surface area contributed by atoms with Crippen molar-refractivity contribution in [1.29, 1.82) is 0 Å². The molecule has 1 aromatic rings. The number of ether oxygens (including phenoxy) is 1. The van der Waals surface area contributed by atoms with Crippen molar-refractivity contribution in [2.75, 3.05) is 7.11 Å². The highest BCUT2D eigenvalue weighted by atomic mass is 16.5. The van der Waals surface area contributed by atoms with Crippen LogP contribution in [0.3, 0.4) is 0 Å². The average molecular weight is 211 g/mol. The predicted molar refractivity (Wildman–Crippen MR) is 60.6 cm³/mol. The van der Waals surface area contributed by atoms with Crippen molar-refractivity contribution in [3.05, 3.63) is 18.0 Å². The second kappa shape index (κ2) is 5.28. The van der Waals surface area contributed by atoms with Crippen molar-refractivity contribution in [2.45, 2.75) is 45.4 Å². The number of aromatic amines is 1. The van der Waals surface area contributed by atoms with Crippen molar-refractivity contribution in [3.8, 4) is 0 Å². The third-order valence-electron chi connectivity index (χ3n) is 2.55. The van der Waals surface area contributed by atoms with Crippen LogP contribution in [0.15, 0.2) is 12.3 Å². The molecule has 0 radical (unpaired) electrons. The number of H-pyrrole nitrogens is 1. The van der Waals surface area contributed by atoms with Gasteiger partial charge in [-0.15, -0.1) is 0 Å². The molecule has 1 atom stereocenters. The van der Waals surface area contributed by atoms with E-state index in [1.165, 1.54) is 0 Å². The fourth-order valence-corrected chi connectivity index (χ4v) is 1.56. The van der Waals surface area contributed by atoms with E-state index in [-0.39, 0.29) is 5.60 Å². The van der Waals surface area contributed by atoms with Crippen LogP contribution in [0.1, 0.15) is 32.9 Å². The Bertz CT molecular complexity index is 269. The largest absolute Gasteiger partial charge is 0.379 e. The fourth-order valence-electron chi connectivity index (χ4n) is 1.56. The van der Waals surface area contributed by atoms with Crippen LogP contribution in [0.2, 0.25) is 0 Å². The molecule has 0 aromatic carbocycles. The Kier molecular flexibility index (Phi) is 4.29. The van der Waals surface area contributed by atoms with E-state index in [0.717, 1.165) is 18.7 Å². The molecular formula is C11H21N3O. The molecule has 0 bridgehead atoms. The van der Waals surface area contributed by atoms with E-state index >= 15 is 0 Å². The predicted octanol–water partition coefficient (Wildman–Crippen LogP) is 1.70. The van der Waals surface area contributed by atoms with Crippen LogP contribution in [0.5, 0.6) is 0 Å². The molecule has 1 unspecified atom stereocenters. The molecule has 2 N–H and O–H groups in total. The Morgan fingerprint density at radius 3 is 2.87 bits per heavy atom. The second-order valence-corrected chi connectivity index (χ2v) is 4.53. The standard InChI is InChI=1S/C11H21N3O/c1-9(7-11(2,3)15-4)12-8-10-5-6-13-14-10/h5-6,9,12H,7-8H2,1-4H3,(H,13,14). The molecule has 0 fully saturated rings. The minimum Gasteiger partial charge on any atom is -0.379 e. The van der Waals surface area contributed by atoms with Crippen LogP contribution < -0.4 is 5.32 Å². The molecule has 1 rings (SSSR count). The normalized spacial score (nSPS) is 14.1. The molecule has 86 valence electrons. The number of nitrogens with zero attached hydrogens (tertiary/aromatic N) is 1. The smallest absolute Gasteiger partial charge is 0.0637 e. The van der Waals surface area contributed by atoms with Gasteiger partial charge in [-0.25, -0.2) is 0 Å². The van der Waals surface area contributed by atoms with Gasteiger partial charge >= 0.3 is 0 Å². The Labute approximate surface area is 91.4 Å². The number of methoxy groups -OCH3 is 1. The number of hydrogen-bond donors (Lipinski definition) is 2. The summed E-state index contributed by atoms with van der Waals surface area (Å²) in [6, 6.07) is 2.39. The molecule has 4 nitrogen and oxygen atoms in total. The minimum atomic E-state index is -0.0690. The van der Waals surface area contributed by atoms with Crippen molar-refractivity contribution in [3.63, 3.8) is 0 Å². The number of rotatable bonds is 6. The molecule has 15 heavy (non-hydrogen) atoms. The van der Waals surface area contributed by atoms with Crippen LogP contribution in [-0.4, -0.2) is 29.0 Å². The molecule has 0 saturated carbocycles. The van der Waals surface area contributed by atoms with Gasteiger partial charge in [0.15, 0.2) is 0 Å². The molecule has 0 aliphatic carbocycles. The Morgan fingerprint density at radius 1 is 1.60 bits per heavy atom. The monoisotopic (exact) mass is 211 g/mol. The van der Waals surface area contributed by atoms with E-state index in [2.05, 4.69) is 36.3 Å². The van der Waals surface area contributed by atoms with E-state index in [1.54, 1.807) is 13.3 Å². The van der Waals surface area contributed by atoms with Gasteiger partial charge in [0.2, 0.25) is 0 Å². The lowest BCUT2D eigenvalue weighted by atomic mass is 10.00. The molecule has 0 aliphatic rings. The zero-order valence-corrected chi connectivity index (χ0v) is 10.0. The van der Waals surface area contributed by atoms with Crippen molar-refractivity contribution in [2.24, 2.45) is 0 Å². The highest BCUT2D eigenvalue weighted by Gasteiger charge is 2.19. The molecular weight excluding hydrogens is 190 g/mol. The van der Waals surface area contributed by atoms with Gasteiger partial charge in [-0.05, 0) is 33.3 Å². The molecule has 0 aliphatic heterocycles. The summed E-state index contributed by atoms with van der Waals surface area (Å²) in [5.74, 6) is 0. The van der Waals surface area contributed by atoms with Crippen LogP contribution in [0.25, 0.3) is 0 Å². The average Bonchev–Trinajstić information content (AvgIpc) is 2.66. The first-order valence-corrected chi connectivity index (χ1v) is 5.30. The summed E-state index contributed by atoms with van der Waals surface area (Å²) in [7, 11) is 1.75. The molecule has 0 amide bonds. The van der Waals surface area contributed by atoms with Crippen molar-refractivity contribution in [1.82, 2.24) is 15.5 Å². The van der Waals surface area contributed by atoms with Crippen LogP contribution in [0.4, 0.5) is 0 Å². The maximum Gasteiger partial charge on any atom is 0.0637 e. The third-order valence-corrected chi connectivity index (χ3v) is 2.55. The highest BCUT2D eigenvalue weighted by Crippen LogP contribution is 2.15. The van der Waals surface area contributed by atoms with Gasteiger partial charge in [0.1, 0.15) is 0 Å². The Hall–Kier alpha value is -0.870. The first-order valence-electron chi connectivity index (χ1n) is 5.30. The number of nitrogens with one attached hydrogen (secondary N) is 2. The molecule has 0 spiro atoms. The summed E-state index contributed by atoms with van der Waals surface area (Å²) in [5, 5.41) is 10.3. The number of hydrogen-bond acceptors (Lipinski definition) is 3. The van der Waals surface area contributed by atoms with Crippen LogP contribution in [0, 0.1) is 0 Å². The lowest BCUT2D eigenvalue weighted by molar-refractivity contribution is 0.00842. The SMILES string of the molecule is COC(C)(C)CC(C)NCc1ccn[nH]1. The number of aromatic nitrogens is 2. The molecule has 1 heterocycles. The maximum atomic E-state index is 5.39. The van der Waals surface area contributed by atoms with Crippen LogP contribution in [-0.2, 0) is 11.3 Å². The summed E-state index contributed by atoms with van der Waals surface area (Å²) >= 11 is 0. The summed E-state index contributed by atoms with van der Waals surface area (Å²) in [4.78, 5) is 0. The molecule has 4 heteroatoms. The summed E-state index contributed by atoms with van der Waals surface area (Å²) < 4.78 is 5.39. The molecule has 0 saturated heterocycles. The zero-order chi connectivity index (χ0) is 11.3. The van der Waals surface area contributed by atoms with E-state index in [1.807, 2.05) is 6.07 Å². The summed E-state index contributed by atoms with van der Waals surface area (Å²) in [6.07, 6.45) is 2.75. The topological polar surface area (TPSA) is 49.9 Å². The van der Waals surface area contributed by atoms with Gasteiger partial charge in [0, 0.05) is 31.6 Å². The van der Waals surface area contributed by atoms with Gasteiger partial charge in [-0.3, -0.25) is 5.10 Å². The van der Waals surface area contributed by atoms with Gasteiger partial charge in [0.05, 0.1) is 5.60 Å². The summed E-state index contributed by atoms with van der Waals surface area (Å²) in [6.45, 7) is 7.18. The lowest BCUT2D eigenvalue weighted by Gasteiger charge is -2.27. The fraction of sp³-hybridized carbons (Fsp3) is 0.727. The Balaban J connectivity index is 2.27. The van der Waals surface area contributed by atoms with Gasteiger partial charge in [-0.1, -0.05) is 0 Å². The quantitative estimate of drug-likeness (QED) is 0.753. The minimum absolute atomic E-state index is 0.0690. The first-order chi connectivity index (χ1) is 7.03. The first kappa shape index (κ1) is 12.2. The maximum absolute atomic E-state index is 5.39. The van der Waals surface area contributed by atoms with Gasteiger partial charge in [-0.2, -0.15) is 5.10 Å². The van der Waals surface area contributed by atoms with Crippen molar-refractivity contribution >= 4 is 0 Å². The molecule has 1 aromatic heterocycles. The Morgan fingerprint density at radius 2 is 2.33 bits per heavy atom. The van der Waals surface area contributed by atoms with E-state index in [0.29, 0.717) is 6.04 Å². The van der Waals surface area contributed by atoms with E-state index < -0.39 is 0 Å². The van der Waals surface area contributed by atoms with Crippen molar-refractivity contribution < 1.29 is 4.74 Å². The zero-order valence-electron chi connectivity index (χ0n) is 10.0. The lowest BCUT2D eigenvalue weighted by Crippen LogP contribution is -2.35. The third kappa shape index (κ3) is 4.44. The second-order valence-electron chi connectivity index (χ2n) is 4.53. The van der Waals surface area contributed by atoms with E-state index in [9.17, 15) is 0 Å². The summed E-state index contributed by atoms with van der Waals surface area (Å²) in [5.41, 5.74) is 1.04. The highest BCUT2D eigenvalue weighted by molar-refractivity contribution is 4.96. The van der Waals surface area contributed by atoms with Gasteiger partial charge < -0.3 is 10.1 Å².